The normalized spacial score (nSPS) is 13.5. The highest BCUT2D eigenvalue weighted by Gasteiger charge is 2.22. The van der Waals surface area contributed by atoms with Gasteiger partial charge in [0.05, 0.1) is 54.0 Å². The van der Waals surface area contributed by atoms with Crippen LogP contribution in [0.3, 0.4) is 0 Å². The highest BCUT2D eigenvalue weighted by Crippen LogP contribution is 2.39. The number of piperazine rings is 1. The van der Waals surface area contributed by atoms with E-state index in [0.29, 0.717) is 69.0 Å². The number of anilines is 2. The minimum absolute atomic E-state index is 0.324. The first-order chi connectivity index (χ1) is 23.3. The molecule has 3 heterocycles. The fourth-order valence-corrected chi connectivity index (χ4v) is 6.59. The van der Waals surface area contributed by atoms with Crippen molar-refractivity contribution in [3.63, 3.8) is 0 Å². The molecule has 2 N–H and O–H groups in total. The fourth-order valence-electron chi connectivity index (χ4n) is 5.20. The molecule has 2 aromatic carbocycles. The Kier molecular flexibility index (Phi) is 11.5. The summed E-state index contributed by atoms with van der Waals surface area (Å²) in [6.07, 6.45) is 0. The number of nitrogens with zero attached hydrogens (tertiary/aromatic N) is 4. The van der Waals surface area contributed by atoms with Gasteiger partial charge in [0.2, 0.25) is 11.5 Å². The van der Waals surface area contributed by atoms with Gasteiger partial charge in [-0.05, 0) is 24.3 Å². The number of hydrogen-bond acceptors (Lipinski definition) is 14. The lowest BCUT2D eigenvalue weighted by Crippen LogP contribution is -2.45. The Morgan fingerprint density at radius 2 is 0.938 bits per heavy atom. The van der Waals surface area contributed by atoms with Crippen molar-refractivity contribution in [3.05, 3.63) is 57.5 Å². The van der Waals surface area contributed by atoms with E-state index in [4.69, 9.17) is 28.4 Å². The van der Waals surface area contributed by atoms with Crippen LogP contribution in [0.1, 0.15) is 32.1 Å². The Labute approximate surface area is 286 Å². The summed E-state index contributed by atoms with van der Waals surface area (Å²) in [5.74, 6) is 1.78. The fraction of sp³-hybridized carbons (Fsp3) is 0.375. The molecule has 16 heteroatoms. The monoisotopic (exact) mass is 698 g/mol. The summed E-state index contributed by atoms with van der Waals surface area (Å²) in [5, 5.41) is 10.7. The summed E-state index contributed by atoms with van der Waals surface area (Å²) in [6, 6.07) is 6.41. The van der Waals surface area contributed by atoms with E-state index in [9.17, 15) is 9.59 Å². The van der Waals surface area contributed by atoms with Crippen molar-refractivity contribution in [2.75, 3.05) is 79.5 Å². The van der Waals surface area contributed by atoms with Crippen molar-refractivity contribution < 1.29 is 38.0 Å². The van der Waals surface area contributed by atoms with Crippen LogP contribution in [0.15, 0.2) is 35.0 Å². The first-order valence-electron chi connectivity index (χ1n) is 14.8. The molecule has 256 valence electrons. The summed E-state index contributed by atoms with van der Waals surface area (Å²) in [4.78, 5) is 39.9. The molecule has 0 aliphatic carbocycles. The van der Waals surface area contributed by atoms with Crippen molar-refractivity contribution in [3.8, 4) is 34.5 Å². The maximum atomic E-state index is 13.0. The van der Waals surface area contributed by atoms with Crippen molar-refractivity contribution in [1.29, 1.82) is 0 Å². The summed E-state index contributed by atoms with van der Waals surface area (Å²) in [7, 11) is 9.04. The van der Waals surface area contributed by atoms with E-state index in [1.807, 2.05) is 10.8 Å². The quantitative estimate of drug-likeness (QED) is 0.192. The van der Waals surface area contributed by atoms with Gasteiger partial charge in [-0.25, -0.2) is 9.97 Å². The van der Waals surface area contributed by atoms with E-state index in [-0.39, 0.29) is 11.8 Å². The predicted molar refractivity (Wildman–Crippen MR) is 183 cm³/mol. The van der Waals surface area contributed by atoms with Crippen LogP contribution in [0.4, 0.5) is 10.3 Å². The smallest absolute Gasteiger partial charge is 0.257 e. The van der Waals surface area contributed by atoms with Crippen molar-refractivity contribution in [2.24, 2.45) is 0 Å². The van der Waals surface area contributed by atoms with Crippen molar-refractivity contribution >= 4 is 44.8 Å². The number of nitrogens with one attached hydrogen (secondary N) is 2. The Morgan fingerprint density at radius 3 is 1.23 bits per heavy atom. The van der Waals surface area contributed by atoms with Crippen LogP contribution in [-0.2, 0) is 13.1 Å². The van der Waals surface area contributed by atoms with Gasteiger partial charge in [-0.1, -0.05) is 0 Å². The molecule has 4 aromatic rings. The molecule has 1 fully saturated rings. The van der Waals surface area contributed by atoms with Crippen LogP contribution in [-0.4, -0.2) is 100 Å². The third-order valence-corrected chi connectivity index (χ3v) is 9.25. The number of aromatic nitrogens is 2. The largest absolute Gasteiger partial charge is 0.493 e. The zero-order valence-corrected chi connectivity index (χ0v) is 29.2. The first-order valence-corrected chi connectivity index (χ1v) is 16.6. The molecule has 1 aliphatic rings. The Balaban J connectivity index is 1.10. The molecule has 0 saturated carbocycles. The lowest BCUT2D eigenvalue weighted by atomic mass is 10.1. The van der Waals surface area contributed by atoms with Gasteiger partial charge in [-0.2, -0.15) is 0 Å². The predicted octanol–water partition coefficient (Wildman–Crippen LogP) is 4.47. The molecule has 0 atom stereocenters. The molecule has 2 amide bonds. The van der Waals surface area contributed by atoms with Gasteiger partial charge in [0.15, 0.2) is 33.3 Å². The second-order valence-electron chi connectivity index (χ2n) is 10.6. The number of rotatable bonds is 14. The number of methoxy groups -OCH3 is 6. The first kappa shape index (κ1) is 34.7. The van der Waals surface area contributed by atoms with Crippen LogP contribution in [0.2, 0.25) is 0 Å². The van der Waals surface area contributed by atoms with Gasteiger partial charge < -0.3 is 28.4 Å². The molecule has 0 radical (unpaired) electrons. The van der Waals surface area contributed by atoms with Crippen LogP contribution >= 0.6 is 22.7 Å². The molecule has 2 aromatic heterocycles. The zero-order valence-electron chi connectivity index (χ0n) is 27.6. The third kappa shape index (κ3) is 8.07. The molecule has 1 aliphatic heterocycles. The molecule has 0 spiro atoms. The van der Waals surface area contributed by atoms with E-state index >= 15 is 0 Å². The molecule has 0 bridgehead atoms. The number of amides is 2. The minimum atomic E-state index is -0.324. The minimum Gasteiger partial charge on any atom is -0.493 e. The number of carbonyl (C=O) groups excluding carboxylic acids is 2. The molecule has 1 saturated heterocycles. The van der Waals surface area contributed by atoms with Gasteiger partial charge in [0, 0.05) is 61.2 Å². The number of hydrogen-bond donors (Lipinski definition) is 2. The third-order valence-electron chi connectivity index (χ3n) is 7.63. The van der Waals surface area contributed by atoms with Gasteiger partial charge in [0.25, 0.3) is 11.8 Å². The summed E-state index contributed by atoms with van der Waals surface area (Å²) in [5.41, 5.74) is 2.51. The molecule has 0 unspecified atom stereocenters. The lowest BCUT2D eigenvalue weighted by Gasteiger charge is -2.33. The van der Waals surface area contributed by atoms with Gasteiger partial charge in [-0.3, -0.25) is 30.0 Å². The van der Waals surface area contributed by atoms with E-state index < -0.39 is 0 Å². The standard InChI is InChI=1S/C32H38N6O8S2/c1-41-23-11-19(12-24(42-2)27(23)45-5)29(39)35-31-33-21(17-47-31)15-37-7-9-38(10-8-37)16-22-18-48-32(34-22)36-30(40)20-13-25(43-3)28(46-6)26(14-20)44-4/h11-14,17-18H,7-10,15-16H2,1-6H3,(H,33,35,39)(H,34,36,40). The van der Waals surface area contributed by atoms with Crippen LogP contribution in [0, 0.1) is 0 Å². The Hall–Kier alpha value is -4.64. The second-order valence-corrected chi connectivity index (χ2v) is 12.3. The Bertz CT molecular complexity index is 1560. The van der Waals surface area contributed by atoms with E-state index in [1.54, 1.807) is 24.3 Å². The maximum Gasteiger partial charge on any atom is 0.257 e. The van der Waals surface area contributed by atoms with Crippen LogP contribution in [0.25, 0.3) is 0 Å². The highest BCUT2D eigenvalue weighted by molar-refractivity contribution is 7.14. The average molecular weight is 699 g/mol. The summed E-state index contributed by atoms with van der Waals surface area (Å²) < 4.78 is 32.1. The number of benzene rings is 2. The number of ether oxygens (including phenoxy) is 6. The molecule has 14 nitrogen and oxygen atoms in total. The average Bonchev–Trinajstić information content (AvgIpc) is 3.75. The second kappa shape index (κ2) is 16.0. The lowest BCUT2D eigenvalue weighted by molar-refractivity contribution is 0.101. The Morgan fingerprint density at radius 1 is 0.604 bits per heavy atom. The zero-order chi connectivity index (χ0) is 34.2. The summed E-state index contributed by atoms with van der Waals surface area (Å²) >= 11 is 2.76. The van der Waals surface area contributed by atoms with E-state index in [2.05, 4.69) is 30.4 Å². The van der Waals surface area contributed by atoms with Gasteiger partial charge in [0.1, 0.15) is 0 Å². The SMILES string of the molecule is COc1cc(C(=O)Nc2nc(CN3CCN(Cc4csc(NC(=O)c5cc(OC)c(OC)c(OC)c5)n4)CC3)cs2)cc(OC)c1OC. The number of carbonyl (C=O) groups is 2. The molecular weight excluding hydrogens is 661 g/mol. The van der Waals surface area contributed by atoms with Crippen molar-refractivity contribution in [2.45, 2.75) is 13.1 Å². The maximum absolute atomic E-state index is 13.0. The van der Waals surface area contributed by atoms with Crippen LogP contribution < -0.4 is 39.1 Å². The highest BCUT2D eigenvalue weighted by atomic mass is 32.1. The molecular formula is C32H38N6O8S2. The number of thiazole rings is 2. The molecule has 48 heavy (non-hydrogen) atoms. The van der Waals surface area contributed by atoms with E-state index in [0.717, 1.165) is 37.6 Å². The van der Waals surface area contributed by atoms with Gasteiger partial charge >= 0.3 is 0 Å². The topological polar surface area (TPSA) is 146 Å². The van der Waals surface area contributed by atoms with E-state index in [1.165, 1.54) is 65.3 Å². The molecule has 5 rings (SSSR count). The van der Waals surface area contributed by atoms with Crippen LogP contribution in [0.5, 0.6) is 34.5 Å². The van der Waals surface area contributed by atoms with Gasteiger partial charge in [-0.15, -0.1) is 22.7 Å². The summed E-state index contributed by atoms with van der Waals surface area (Å²) in [6.45, 7) is 4.80. The van der Waals surface area contributed by atoms with Crippen molar-refractivity contribution in [1.82, 2.24) is 19.8 Å².